The van der Waals surface area contributed by atoms with E-state index in [4.69, 9.17) is 25.7 Å². The minimum Gasteiger partial charge on any atom is -0.492 e. The summed E-state index contributed by atoms with van der Waals surface area (Å²) in [5.74, 6) is -0.108. The molecule has 1 amide bonds. The fraction of sp³-hybridized carbons (Fsp3) is 0.684. The fourth-order valence-electron chi connectivity index (χ4n) is 3.95. The molecule has 2 saturated heterocycles. The Labute approximate surface area is 167 Å². The second kappa shape index (κ2) is 10.4. The number of likely N-dealkylation sites (N-methyl/N-ethyl adjacent to an activating group) is 1. The maximum Gasteiger partial charge on any atom is 0.276 e. The Bertz CT molecular complexity index is 613. The van der Waals surface area contributed by atoms with Crippen molar-refractivity contribution in [2.45, 2.75) is 37.5 Å². The van der Waals surface area contributed by atoms with Gasteiger partial charge in [-0.25, -0.2) is 4.99 Å². The first kappa shape index (κ1) is 22.2. The predicted molar refractivity (Wildman–Crippen MR) is 107 cm³/mol. The molecule has 2 aliphatic heterocycles. The summed E-state index contributed by atoms with van der Waals surface area (Å²) in [6.07, 6.45) is 3.81. The van der Waals surface area contributed by atoms with Gasteiger partial charge in [-0.15, -0.1) is 0 Å². The van der Waals surface area contributed by atoms with E-state index in [1.165, 1.54) is 7.11 Å². The second-order valence-electron chi connectivity index (χ2n) is 7.08. The number of nitrogens with two attached hydrogens (primary N) is 2. The number of carbonyl (C=O) groups is 1. The predicted octanol–water partition coefficient (Wildman–Crippen LogP) is 0.0305. The van der Waals surface area contributed by atoms with E-state index in [1.807, 2.05) is 0 Å². The summed E-state index contributed by atoms with van der Waals surface area (Å²) in [6.45, 7) is 6.25. The third kappa shape index (κ3) is 5.03. The highest BCUT2D eigenvalue weighted by Crippen LogP contribution is 2.25. The van der Waals surface area contributed by atoms with Crippen LogP contribution in [-0.4, -0.2) is 87.8 Å². The van der Waals surface area contributed by atoms with Gasteiger partial charge in [-0.1, -0.05) is 6.58 Å². The normalized spacial score (nSPS) is 25.1. The molecule has 0 aromatic heterocycles. The topological polar surface area (TPSA) is 116 Å². The van der Waals surface area contributed by atoms with E-state index in [1.54, 1.807) is 12.0 Å². The second-order valence-corrected chi connectivity index (χ2v) is 7.08. The number of aliphatic imine (C=N–C) groups is 1. The van der Waals surface area contributed by atoms with Crippen LogP contribution >= 0.6 is 0 Å². The van der Waals surface area contributed by atoms with Crippen LogP contribution in [-0.2, 0) is 19.0 Å². The zero-order chi connectivity index (χ0) is 20.7. The first-order chi connectivity index (χ1) is 13.4. The number of hydrogen-bond donors (Lipinski definition) is 2. The first-order valence-electron chi connectivity index (χ1n) is 9.53. The molecule has 0 aliphatic carbocycles. The monoisotopic (exact) mass is 395 g/mol. The summed E-state index contributed by atoms with van der Waals surface area (Å²) in [6, 6.07) is 0.700. The van der Waals surface area contributed by atoms with E-state index in [9.17, 15) is 4.79 Å². The smallest absolute Gasteiger partial charge is 0.276 e. The summed E-state index contributed by atoms with van der Waals surface area (Å²) >= 11 is 0. The van der Waals surface area contributed by atoms with Crippen LogP contribution in [0.4, 0.5) is 0 Å². The Balaban J connectivity index is 2.04. The van der Waals surface area contributed by atoms with Crippen LogP contribution in [0.3, 0.4) is 0 Å². The minimum atomic E-state index is -0.257. The van der Waals surface area contributed by atoms with Crippen LogP contribution in [0.15, 0.2) is 28.7 Å². The van der Waals surface area contributed by atoms with Crippen molar-refractivity contribution >= 4 is 12.2 Å². The van der Waals surface area contributed by atoms with Gasteiger partial charge in [-0.2, -0.15) is 0 Å². The van der Waals surface area contributed by atoms with Crippen molar-refractivity contribution in [3.05, 3.63) is 23.7 Å². The zero-order valence-corrected chi connectivity index (χ0v) is 17.1. The molecule has 0 aromatic carbocycles. The van der Waals surface area contributed by atoms with E-state index in [0.717, 1.165) is 32.2 Å². The van der Waals surface area contributed by atoms with E-state index in [0.29, 0.717) is 31.8 Å². The van der Waals surface area contributed by atoms with Crippen molar-refractivity contribution in [2.24, 2.45) is 16.5 Å². The molecule has 9 nitrogen and oxygen atoms in total. The summed E-state index contributed by atoms with van der Waals surface area (Å²) < 4.78 is 16.3. The Morgan fingerprint density at radius 1 is 1.32 bits per heavy atom. The van der Waals surface area contributed by atoms with Crippen molar-refractivity contribution < 1.29 is 19.0 Å². The third-order valence-electron chi connectivity index (χ3n) is 5.54. The van der Waals surface area contributed by atoms with Gasteiger partial charge in [0.15, 0.2) is 11.5 Å². The number of rotatable bonds is 7. The number of nitrogens with zero attached hydrogens (tertiary/aromatic N) is 3. The Hall–Kier alpha value is -2.10. The summed E-state index contributed by atoms with van der Waals surface area (Å²) in [4.78, 5) is 21.1. The van der Waals surface area contributed by atoms with Crippen LogP contribution in [0.2, 0.25) is 0 Å². The molecule has 0 saturated carbocycles. The van der Waals surface area contributed by atoms with Crippen molar-refractivity contribution in [2.75, 3.05) is 47.6 Å². The maximum atomic E-state index is 12.9. The standard InChI is InChI=1S/C19H33N5O4/c1-13(21)18(27-4)17(22-12-20)19(25)24-8-5-14(6-9-24)23(2)15-7-10-28-11-16(15)26-3/h12,14-16H,1,5-11,21H2,2-4H3,(H2,20,22)/b18-17+. The molecule has 2 unspecified atom stereocenters. The summed E-state index contributed by atoms with van der Waals surface area (Å²) in [5, 5.41) is 0. The molecule has 0 aromatic rings. The molecule has 2 heterocycles. The Kier molecular flexibility index (Phi) is 8.28. The number of piperidine rings is 1. The van der Waals surface area contributed by atoms with Gasteiger partial charge in [-0.3, -0.25) is 9.69 Å². The molecule has 158 valence electrons. The average molecular weight is 396 g/mol. The zero-order valence-electron chi connectivity index (χ0n) is 17.1. The molecule has 2 fully saturated rings. The third-order valence-corrected chi connectivity index (χ3v) is 5.54. The van der Waals surface area contributed by atoms with Gasteiger partial charge in [0.25, 0.3) is 5.91 Å². The molecule has 0 bridgehead atoms. The molecule has 0 radical (unpaired) electrons. The largest absolute Gasteiger partial charge is 0.492 e. The molecule has 9 heteroatoms. The van der Waals surface area contributed by atoms with Crippen LogP contribution in [0.1, 0.15) is 19.3 Å². The molecule has 0 spiro atoms. The van der Waals surface area contributed by atoms with E-state index >= 15 is 0 Å². The molecule has 4 N–H and O–H groups in total. The summed E-state index contributed by atoms with van der Waals surface area (Å²) in [5.41, 5.74) is 11.3. The number of methoxy groups -OCH3 is 2. The molecule has 2 aliphatic rings. The van der Waals surface area contributed by atoms with E-state index in [-0.39, 0.29) is 29.2 Å². The maximum absolute atomic E-state index is 12.9. The number of ether oxygens (including phenoxy) is 3. The molecule has 2 atom stereocenters. The molecule has 2 rings (SSSR count). The molecular formula is C19H33N5O4. The Morgan fingerprint density at radius 2 is 2.00 bits per heavy atom. The highest BCUT2D eigenvalue weighted by Gasteiger charge is 2.35. The van der Waals surface area contributed by atoms with Gasteiger partial charge in [0.1, 0.15) is 0 Å². The number of carbonyl (C=O) groups excluding carboxylic acids is 1. The lowest BCUT2D eigenvalue weighted by molar-refractivity contribution is -0.129. The van der Waals surface area contributed by atoms with Crippen LogP contribution in [0, 0.1) is 0 Å². The number of likely N-dealkylation sites (tertiary alicyclic amines) is 1. The summed E-state index contributed by atoms with van der Waals surface area (Å²) in [7, 11) is 5.29. The van der Waals surface area contributed by atoms with Gasteiger partial charge in [0, 0.05) is 38.9 Å². The van der Waals surface area contributed by atoms with E-state index < -0.39 is 0 Å². The highest BCUT2D eigenvalue weighted by molar-refractivity contribution is 5.95. The SMILES string of the molecule is C=C(N)/C(OC)=C(\N=CN)C(=O)N1CCC(N(C)C2CCOCC2OC)CC1. The number of amides is 1. The van der Waals surface area contributed by atoms with Crippen LogP contribution in [0.25, 0.3) is 0 Å². The molecule has 28 heavy (non-hydrogen) atoms. The van der Waals surface area contributed by atoms with Gasteiger partial charge in [-0.05, 0) is 26.3 Å². The molecular weight excluding hydrogens is 362 g/mol. The lowest BCUT2D eigenvalue weighted by atomic mass is 9.97. The fourth-order valence-corrected chi connectivity index (χ4v) is 3.95. The average Bonchev–Trinajstić information content (AvgIpc) is 2.72. The van der Waals surface area contributed by atoms with Crippen molar-refractivity contribution in [1.29, 1.82) is 0 Å². The van der Waals surface area contributed by atoms with Crippen LogP contribution in [0.5, 0.6) is 0 Å². The first-order valence-corrected chi connectivity index (χ1v) is 9.53. The van der Waals surface area contributed by atoms with Crippen molar-refractivity contribution in [1.82, 2.24) is 9.80 Å². The number of hydrogen-bond acceptors (Lipinski definition) is 7. The Morgan fingerprint density at radius 3 is 2.54 bits per heavy atom. The van der Waals surface area contributed by atoms with Crippen LogP contribution < -0.4 is 11.5 Å². The lowest BCUT2D eigenvalue weighted by Gasteiger charge is -2.44. The quantitative estimate of drug-likeness (QED) is 0.205. The van der Waals surface area contributed by atoms with Gasteiger partial charge < -0.3 is 30.6 Å². The van der Waals surface area contributed by atoms with Crippen molar-refractivity contribution in [3.8, 4) is 0 Å². The van der Waals surface area contributed by atoms with Gasteiger partial charge >= 0.3 is 0 Å². The van der Waals surface area contributed by atoms with Crippen molar-refractivity contribution in [3.63, 3.8) is 0 Å². The van der Waals surface area contributed by atoms with Gasteiger partial charge in [0.05, 0.1) is 31.9 Å². The lowest BCUT2D eigenvalue weighted by Crippen LogP contribution is -2.54. The highest BCUT2D eigenvalue weighted by atomic mass is 16.5. The van der Waals surface area contributed by atoms with E-state index in [2.05, 4.69) is 23.5 Å². The minimum absolute atomic E-state index is 0.0756. The van der Waals surface area contributed by atoms with Gasteiger partial charge in [0.2, 0.25) is 0 Å².